The lowest BCUT2D eigenvalue weighted by Crippen LogP contribution is -2.18. The lowest BCUT2D eigenvalue weighted by atomic mass is 9.78. The lowest BCUT2D eigenvalue weighted by Gasteiger charge is -2.28. The van der Waals surface area contributed by atoms with Gasteiger partial charge >= 0.3 is 0 Å². The van der Waals surface area contributed by atoms with E-state index in [1.165, 1.54) is 27.4 Å². The maximum atomic E-state index is 12.7. The predicted molar refractivity (Wildman–Crippen MR) is 317 cm³/mol. The zero-order valence-electron chi connectivity index (χ0n) is 45.6. The van der Waals surface area contributed by atoms with Gasteiger partial charge in [-0.15, -0.1) is 0 Å². The van der Waals surface area contributed by atoms with Gasteiger partial charge in [0.25, 0.3) is 0 Å². The summed E-state index contributed by atoms with van der Waals surface area (Å²) in [6, 6.07) is 65.8. The smallest absolute Gasteiger partial charge is 0.149 e. The van der Waals surface area contributed by atoms with Crippen LogP contribution in [0.4, 0.5) is 0 Å². The Morgan fingerprint density at radius 1 is 0.387 bits per heavy atom. The van der Waals surface area contributed by atoms with Crippen LogP contribution in [0.2, 0.25) is 0 Å². The highest BCUT2D eigenvalue weighted by Gasteiger charge is 2.30. The van der Waals surface area contributed by atoms with Crippen molar-refractivity contribution in [1.82, 2.24) is 19.1 Å². The number of rotatable bonds is 7. The molecule has 75 heavy (non-hydrogen) atoms. The van der Waals surface area contributed by atoms with Crippen LogP contribution in [0.1, 0.15) is 105 Å². The first kappa shape index (κ1) is 49.2. The van der Waals surface area contributed by atoms with Crippen molar-refractivity contribution in [2.45, 2.75) is 105 Å². The van der Waals surface area contributed by atoms with Gasteiger partial charge in [0.1, 0.15) is 11.6 Å². The number of phenols is 1. The third-order valence-electron chi connectivity index (χ3n) is 15.0. The minimum Gasteiger partial charge on any atom is -0.507 e. The summed E-state index contributed by atoms with van der Waals surface area (Å²) in [5, 5.41) is 15.1. The molecule has 0 amide bonds. The molecule has 3 heterocycles. The number of para-hydroxylation sites is 4. The molecule has 5 heteroatoms. The topological polar surface area (TPSA) is 55.9 Å². The van der Waals surface area contributed by atoms with Crippen molar-refractivity contribution in [3.05, 3.63) is 210 Å². The second kappa shape index (κ2) is 18.1. The second-order valence-corrected chi connectivity index (χ2v) is 24.6. The van der Waals surface area contributed by atoms with Gasteiger partial charge in [0.05, 0.1) is 33.3 Å². The van der Waals surface area contributed by atoms with Crippen LogP contribution < -0.4 is 0 Å². The predicted octanol–water partition coefficient (Wildman–Crippen LogP) is 18.7. The van der Waals surface area contributed by atoms with E-state index < -0.39 is 0 Å². The molecule has 8 aromatic carbocycles. The van der Waals surface area contributed by atoms with E-state index in [4.69, 9.17) is 9.97 Å². The van der Waals surface area contributed by atoms with Crippen molar-refractivity contribution in [2.24, 2.45) is 0 Å². The highest BCUT2D eigenvalue weighted by molar-refractivity contribution is 6.14. The SMILES string of the molecule is CC(C)(C)c1cc(-n2c(-c3cc(C(C)(C)C)cc(C(C)(C)C)c3O)nc3c(-c4cc(-c5ccccc5)cc(-c5cc(-c6cccc7c8ccccc8n(-c8ccccc8)c67)ccn5)c4)cccc32)cc(C(C)(C)C)c1. The summed E-state index contributed by atoms with van der Waals surface area (Å²) in [4.78, 5) is 10.9. The van der Waals surface area contributed by atoms with Gasteiger partial charge < -0.3 is 9.67 Å². The summed E-state index contributed by atoms with van der Waals surface area (Å²) >= 11 is 0. The van der Waals surface area contributed by atoms with Gasteiger partial charge in [-0.05, 0) is 133 Å². The first-order valence-corrected chi connectivity index (χ1v) is 26.4. The van der Waals surface area contributed by atoms with Crippen LogP contribution >= 0.6 is 0 Å². The Morgan fingerprint density at radius 3 is 1.64 bits per heavy atom. The van der Waals surface area contributed by atoms with Crippen LogP contribution in [0.3, 0.4) is 0 Å². The third kappa shape index (κ3) is 9.03. The van der Waals surface area contributed by atoms with Crippen molar-refractivity contribution in [1.29, 1.82) is 0 Å². The molecule has 0 unspecified atom stereocenters. The molecule has 1 N–H and O–H groups in total. The number of hydrogen-bond donors (Lipinski definition) is 1. The van der Waals surface area contributed by atoms with Crippen LogP contribution in [-0.2, 0) is 21.7 Å². The van der Waals surface area contributed by atoms with E-state index in [2.05, 4.69) is 274 Å². The standard InChI is InChI=1S/C70H68N4O/c1-67(2,3)49-39-50(68(4,5)6)41-53(40-49)74-62-32-22-28-54(63(62)72-66(74)58-42-51(69(7,8)9)43-59(65(58)75)70(10,11)12)47-35-46(44-23-15-13-16-24-44)36-48(37-47)60-38-45(33-34-71-60)55-29-21-30-57-56-27-19-20-31-61(56)73(64(55)57)52-25-17-14-18-26-52/h13-43,75H,1-12H3. The van der Waals surface area contributed by atoms with Gasteiger partial charge in [0.2, 0.25) is 0 Å². The van der Waals surface area contributed by atoms with E-state index in [1.807, 2.05) is 6.20 Å². The van der Waals surface area contributed by atoms with Crippen molar-refractivity contribution in [2.75, 3.05) is 0 Å². The van der Waals surface area contributed by atoms with E-state index in [9.17, 15) is 5.11 Å². The molecule has 0 saturated carbocycles. The van der Waals surface area contributed by atoms with E-state index in [-0.39, 0.29) is 27.4 Å². The van der Waals surface area contributed by atoms with E-state index in [0.29, 0.717) is 11.4 Å². The number of benzene rings is 8. The Bertz CT molecular complexity index is 3940. The molecule has 0 radical (unpaired) electrons. The Morgan fingerprint density at radius 2 is 0.960 bits per heavy atom. The molecular formula is C70H68N4O. The Labute approximate surface area is 443 Å². The fourth-order valence-corrected chi connectivity index (χ4v) is 10.8. The molecule has 11 rings (SSSR count). The Hall–Kier alpha value is -8.02. The lowest BCUT2D eigenvalue weighted by molar-refractivity contribution is 0.446. The van der Waals surface area contributed by atoms with Gasteiger partial charge in [0, 0.05) is 50.6 Å². The molecule has 0 bridgehead atoms. The molecular weight excluding hydrogens is 913 g/mol. The van der Waals surface area contributed by atoms with Gasteiger partial charge in [0.15, 0.2) is 0 Å². The van der Waals surface area contributed by atoms with Crippen molar-refractivity contribution < 1.29 is 5.11 Å². The number of imidazole rings is 1. The molecule has 3 aromatic heterocycles. The molecule has 0 fully saturated rings. The van der Waals surface area contributed by atoms with E-state index in [0.717, 1.165) is 83.7 Å². The van der Waals surface area contributed by atoms with Gasteiger partial charge in [-0.25, -0.2) is 4.98 Å². The summed E-state index contributed by atoms with van der Waals surface area (Å²) < 4.78 is 4.70. The maximum Gasteiger partial charge on any atom is 0.149 e. The number of aromatic hydroxyl groups is 1. The fourth-order valence-electron chi connectivity index (χ4n) is 10.8. The number of phenolic OH excluding ortho intramolecular Hbond substituents is 1. The Balaban J connectivity index is 1.17. The molecule has 0 saturated heterocycles. The van der Waals surface area contributed by atoms with Gasteiger partial charge in [-0.2, -0.15) is 0 Å². The van der Waals surface area contributed by atoms with Crippen LogP contribution in [0.15, 0.2) is 188 Å². The summed E-state index contributed by atoms with van der Waals surface area (Å²) in [7, 11) is 0. The number of nitrogens with zero attached hydrogens (tertiary/aromatic N) is 4. The summed E-state index contributed by atoms with van der Waals surface area (Å²) in [6.07, 6.45) is 1.95. The summed E-state index contributed by atoms with van der Waals surface area (Å²) in [5.74, 6) is 0.962. The first-order chi connectivity index (χ1) is 35.6. The van der Waals surface area contributed by atoms with Crippen molar-refractivity contribution in [3.8, 4) is 73.2 Å². The monoisotopic (exact) mass is 981 g/mol. The van der Waals surface area contributed by atoms with Crippen molar-refractivity contribution >= 4 is 32.8 Å². The average molecular weight is 981 g/mol. The maximum absolute atomic E-state index is 12.7. The third-order valence-corrected chi connectivity index (χ3v) is 15.0. The van der Waals surface area contributed by atoms with Gasteiger partial charge in [-0.3, -0.25) is 9.55 Å². The highest BCUT2D eigenvalue weighted by atomic mass is 16.3. The largest absolute Gasteiger partial charge is 0.507 e. The molecule has 0 atom stereocenters. The van der Waals surface area contributed by atoms with E-state index in [1.54, 1.807) is 0 Å². The first-order valence-electron chi connectivity index (χ1n) is 26.4. The number of aromatic nitrogens is 4. The molecule has 11 aromatic rings. The number of hydrogen-bond acceptors (Lipinski definition) is 3. The molecule has 0 aliphatic heterocycles. The number of fused-ring (bicyclic) bond motifs is 4. The highest BCUT2D eigenvalue weighted by Crippen LogP contribution is 2.46. The second-order valence-electron chi connectivity index (χ2n) is 24.6. The summed E-state index contributed by atoms with van der Waals surface area (Å²) in [5.41, 5.74) is 19.0. The molecule has 0 aliphatic carbocycles. The van der Waals surface area contributed by atoms with Crippen LogP contribution in [0.5, 0.6) is 5.75 Å². The van der Waals surface area contributed by atoms with Crippen LogP contribution in [0, 0.1) is 0 Å². The number of pyridine rings is 1. The van der Waals surface area contributed by atoms with Crippen molar-refractivity contribution in [3.63, 3.8) is 0 Å². The zero-order valence-corrected chi connectivity index (χ0v) is 45.6. The van der Waals surface area contributed by atoms with Crippen LogP contribution in [-0.4, -0.2) is 24.2 Å². The van der Waals surface area contributed by atoms with Gasteiger partial charge in [-0.1, -0.05) is 192 Å². The molecule has 0 spiro atoms. The minimum atomic E-state index is -0.333. The van der Waals surface area contributed by atoms with E-state index >= 15 is 0 Å². The molecule has 5 nitrogen and oxygen atoms in total. The zero-order chi connectivity index (χ0) is 52.8. The Kier molecular flexibility index (Phi) is 11.9. The minimum absolute atomic E-state index is 0.127. The molecule has 374 valence electrons. The molecule has 0 aliphatic rings. The normalized spacial score (nSPS) is 12.6. The van der Waals surface area contributed by atoms with Crippen LogP contribution in [0.25, 0.3) is 100 Å². The fraction of sp³-hybridized carbons (Fsp3) is 0.229. The average Bonchev–Trinajstić information content (AvgIpc) is 3.94. The quantitative estimate of drug-likeness (QED) is 0.173. The summed E-state index contributed by atoms with van der Waals surface area (Å²) in [6.45, 7) is 26.9.